The molecule has 0 saturated carbocycles. The van der Waals surface area contributed by atoms with E-state index in [-0.39, 0.29) is 5.56 Å². The highest BCUT2D eigenvalue weighted by Gasteiger charge is 2.18. The number of hydrogen-bond donors (Lipinski definition) is 1. The highest BCUT2D eigenvalue weighted by molar-refractivity contribution is 5.92. The molecule has 1 fully saturated rings. The fourth-order valence-corrected chi connectivity index (χ4v) is 3.46. The number of aromatic nitrogens is 3. The molecule has 30 heavy (non-hydrogen) atoms. The highest BCUT2D eigenvalue weighted by atomic mass is 16.5. The summed E-state index contributed by atoms with van der Waals surface area (Å²) in [5.74, 6) is -1.27. The molecule has 0 atom stereocenters. The standard InChI is InChI=1S/C21H19N5O4/c1-22-16-2-3-18(23-13-16)15-10-14-11-17(21(28)29)20(27)26(19(14)24-12-15)5-4-25-6-8-30-9-7-25/h2-3,10-13H,4-9H2,(H,28,29). The molecular weight excluding hydrogens is 386 g/mol. The molecule has 1 saturated heterocycles. The Morgan fingerprint density at radius 3 is 2.63 bits per heavy atom. The maximum atomic E-state index is 12.8. The molecule has 0 amide bonds. The molecular formula is C21H19N5O4. The summed E-state index contributed by atoms with van der Waals surface area (Å²) in [6.07, 6.45) is 3.08. The van der Waals surface area contributed by atoms with Crippen molar-refractivity contribution in [3.05, 3.63) is 64.0 Å². The Bertz CT molecular complexity index is 1190. The number of ether oxygens (including phenoxy) is 1. The lowest BCUT2D eigenvalue weighted by Gasteiger charge is -2.26. The van der Waals surface area contributed by atoms with E-state index in [1.54, 1.807) is 24.4 Å². The summed E-state index contributed by atoms with van der Waals surface area (Å²) in [6.45, 7) is 10.8. The normalized spacial score (nSPS) is 14.5. The minimum atomic E-state index is -1.27. The molecule has 3 aromatic heterocycles. The van der Waals surface area contributed by atoms with Gasteiger partial charge in [-0.1, -0.05) is 6.07 Å². The minimum Gasteiger partial charge on any atom is -0.477 e. The average molecular weight is 405 g/mol. The Morgan fingerprint density at radius 2 is 1.97 bits per heavy atom. The van der Waals surface area contributed by atoms with Gasteiger partial charge in [-0.05, 0) is 18.2 Å². The summed E-state index contributed by atoms with van der Waals surface area (Å²) in [6, 6.07) is 6.49. The second-order valence-corrected chi connectivity index (χ2v) is 6.92. The molecule has 4 rings (SSSR count). The van der Waals surface area contributed by atoms with Gasteiger partial charge in [-0.2, -0.15) is 0 Å². The van der Waals surface area contributed by atoms with Gasteiger partial charge < -0.3 is 9.84 Å². The third-order valence-corrected chi connectivity index (χ3v) is 5.07. The summed E-state index contributed by atoms with van der Waals surface area (Å²) in [4.78, 5) is 38.6. The second-order valence-electron chi connectivity index (χ2n) is 6.92. The largest absolute Gasteiger partial charge is 0.477 e. The number of pyridine rings is 3. The fraction of sp³-hybridized carbons (Fsp3) is 0.286. The van der Waals surface area contributed by atoms with Crippen molar-refractivity contribution in [2.45, 2.75) is 6.54 Å². The van der Waals surface area contributed by atoms with Crippen molar-refractivity contribution in [3.8, 4) is 11.3 Å². The quantitative estimate of drug-likeness (QED) is 0.648. The zero-order valence-corrected chi connectivity index (χ0v) is 16.1. The molecule has 9 nitrogen and oxygen atoms in total. The van der Waals surface area contributed by atoms with Crippen molar-refractivity contribution in [1.82, 2.24) is 19.4 Å². The van der Waals surface area contributed by atoms with Crippen LogP contribution in [-0.4, -0.2) is 63.4 Å². The van der Waals surface area contributed by atoms with Gasteiger partial charge in [-0.15, -0.1) is 0 Å². The number of hydrogen-bond acceptors (Lipinski definition) is 6. The summed E-state index contributed by atoms with van der Waals surface area (Å²) >= 11 is 0. The molecule has 0 spiro atoms. The van der Waals surface area contributed by atoms with Gasteiger partial charge in [0.25, 0.3) is 5.56 Å². The zero-order valence-electron chi connectivity index (χ0n) is 16.1. The summed E-state index contributed by atoms with van der Waals surface area (Å²) in [5.41, 5.74) is 1.29. The van der Waals surface area contributed by atoms with E-state index < -0.39 is 11.5 Å². The summed E-state index contributed by atoms with van der Waals surface area (Å²) in [5, 5.41) is 10.1. The van der Waals surface area contributed by atoms with Gasteiger partial charge in [-0.25, -0.2) is 14.6 Å². The molecule has 4 heterocycles. The molecule has 0 radical (unpaired) electrons. The zero-order chi connectivity index (χ0) is 21.1. The second kappa shape index (κ2) is 8.41. The number of carboxylic acid groups (broad SMARTS) is 1. The molecule has 0 bridgehead atoms. The lowest BCUT2D eigenvalue weighted by atomic mass is 10.1. The van der Waals surface area contributed by atoms with Crippen molar-refractivity contribution in [3.63, 3.8) is 0 Å². The summed E-state index contributed by atoms with van der Waals surface area (Å²) < 4.78 is 6.77. The monoisotopic (exact) mass is 405 g/mol. The minimum absolute atomic E-state index is 0.292. The van der Waals surface area contributed by atoms with E-state index in [1.807, 2.05) is 0 Å². The third kappa shape index (κ3) is 3.91. The lowest BCUT2D eigenvalue weighted by Crippen LogP contribution is -2.39. The number of aromatic carboxylic acids is 1. The Balaban J connectivity index is 1.75. The molecule has 0 aliphatic carbocycles. The van der Waals surface area contributed by atoms with E-state index in [0.29, 0.717) is 54.3 Å². The maximum absolute atomic E-state index is 12.8. The van der Waals surface area contributed by atoms with Gasteiger partial charge in [0.05, 0.1) is 25.5 Å². The first-order valence-electron chi connectivity index (χ1n) is 9.47. The lowest BCUT2D eigenvalue weighted by molar-refractivity contribution is 0.0364. The third-order valence-electron chi connectivity index (χ3n) is 5.07. The molecule has 9 heteroatoms. The molecule has 0 unspecified atom stereocenters. The molecule has 0 aromatic carbocycles. The van der Waals surface area contributed by atoms with Gasteiger partial charge in [-0.3, -0.25) is 19.2 Å². The van der Waals surface area contributed by atoms with Crippen LogP contribution in [-0.2, 0) is 11.3 Å². The van der Waals surface area contributed by atoms with Gasteiger partial charge in [0.2, 0.25) is 5.69 Å². The smallest absolute Gasteiger partial charge is 0.341 e. The van der Waals surface area contributed by atoms with Crippen LogP contribution in [0.5, 0.6) is 0 Å². The van der Waals surface area contributed by atoms with Crippen LogP contribution in [0, 0.1) is 6.57 Å². The predicted molar refractivity (Wildman–Crippen MR) is 110 cm³/mol. The van der Waals surface area contributed by atoms with Crippen LogP contribution >= 0.6 is 0 Å². The average Bonchev–Trinajstić information content (AvgIpc) is 2.78. The van der Waals surface area contributed by atoms with Crippen LogP contribution in [0.4, 0.5) is 5.69 Å². The van der Waals surface area contributed by atoms with E-state index in [2.05, 4.69) is 19.7 Å². The van der Waals surface area contributed by atoms with Crippen LogP contribution < -0.4 is 5.56 Å². The topological polar surface area (TPSA) is 102 Å². The van der Waals surface area contributed by atoms with Gasteiger partial charge in [0.1, 0.15) is 11.2 Å². The molecule has 152 valence electrons. The Kier molecular flexibility index (Phi) is 5.52. The van der Waals surface area contributed by atoms with Crippen molar-refractivity contribution >= 4 is 22.7 Å². The van der Waals surface area contributed by atoms with Crippen LogP contribution in [0.25, 0.3) is 27.1 Å². The van der Waals surface area contributed by atoms with Gasteiger partial charge in [0.15, 0.2) is 0 Å². The molecule has 1 N–H and O–H groups in total. The molecule has 3 aromatic rings. The maximum Gasteiger partial charge on any atom is 0.341 e. The van der Waals surface area contributed by atoms with E-state index in [4.69, 9.17) is 11.3 Å². The van der Waals surface area contributed by atoms with E-state index >= 15 is 0 Å². The number of nitrogens with zero attached hydrogens (tertiary/aromatic N) is 5. The Hall–Kier alpha value is -3.61. The number of carbonyl (C=O) groups is 1. The number of fused-ring (bicyclic) bond motifs is 1. The van der Waals surface area contributed by atoms with Crippen molar-refractivity contribution < 1.29 is 14.6 Å². The van der Waals surface area contributed by atoms with Gasteiger partial charge >= 0.3 is 5.97 Å². The van der Waals surface area contributed by atoms with Crippen LogP contribution in [0.1, 0.15) is 10.4 Å². The number of morpholine rings is 1. The first-order chi connectivity index (χ1) is 14.6. The fourth-order valence-electron chi connectivity index (χ4n) is 3.46. The SMILES string of the molecule is [C-]#[N+]c1ccc(-c2cnc3c(c2)cc(C(=O)O)c(=O)n3CCN2CCOCC2)nc1. The van der Waals surface area contributed by atoms with E-state index in [0.717, 1.165) is 13.1 Å². The van der Waals surface area contributed by atoms with E-state index in [9.17, 15) is 14.7 Å². The van der Waals surface area contributed by atoms with Crippen molar-refractivity contribution in [2.75, 3.05) is 32.8 Å². The number of rotatable bonds is 5. The summed E-state index contributed by atoms with van der Waals surface area (Å²) in [7, 11) is 0. The van der Waals surface area contributed by atoms with Crippen LogP contribution in [0.15, 0.2) is 41.5 Å². The predicted octanol–water partition coefficient (Wildman–Crippen LogP) is 2.04. The first-order valence-corrected chi connectivity index (χ1v) is 9.47. The number of carboxylic acids is 1. The van der Waals surface area contributed by atoms with Crippen molar-refractivity contribution in [2.24, 2.45) is 0 Å². The highest BCUT2D eigenvalue weighted by Crippen LogP contribution is 2.23. The van der Waals surface area contributed by atoms with Crippen LogP contribution in [0.2, 0.25) is 0 Å². The van der Waals surface area contributed by atoms with Gasteiger partial charge in [0, 0.05) is 49.5 Å². The Morgan fingerprint density at radius 1 is 1.17 bits per heavy atom. The molecule has 1 aliphatic rings. The van der Waals surface area contributed by atoms with E-state index in [1.165, 1.54) is 16.8 Å². The van der Waals surface area contributed by atoms with Crippen molar-refractivity contribution in [1.29, 1.82) is 0 Å². The van der Waals surface area contributed by atoms with Crippen LogP contribution in [0.3, 0.4) is 0 Å². The molecule has 1 aliphatic heterocycles. The Labute approximate surface area is 172 Å². The first kappa shape index (κ1) is 19.7.